The molecule has 0 aliphatic carbocycles. The van der Waals surface area contributed by atoms with Gasteiger partial charge in [0.25, 0.3) is 0 Å². The second-order valence-corrected chi connectivity index (χ2v) is 38.6. The Labute approximate surface area is 855 Å². The van der Waals surface area contributed by atoms with Crippen LogP contribution in [0.4, 0.5) is 0 Å². The quantitative estimate of drug-likeness (QED) is 0.0760. The first-order chi connectivity index (χ1) is 72.0. The van der Waals surface area contributed by atoms with Gasteiger partial charge < -0.3 is 4.42 Å². The molecule has 6 aromatic heterocycles. The lowest BCUT2D eigenvalue weighted by molar-refractivity contribution is 0.575. The normalized spacial score (nSPS) is 11.2. The van der Waals surface area contributed by atoms with Crippen molar-refractivity contribution in [3.05, 3.63) is 552 Å². The molecule has 0 bridgehead atoms. The van der Waals surface area contributed by atoms with Crippen LogP contribution in [0.2, 0.25) is 0 Å². The van der Waals surface area contributed by atoms with E-state index in [2.05, 4.69) is 496 Å². The van der Waals surface area contributed by atoms with E-state index < -0.39 is 0 Å². The van der Waals surface area contributed by atoms with E-state index in [4.69, 9.17) is 24.4 Å². The molecule has 0 spiro atoms. The Kier molecular flexibility index (Phi) is 25.2. The second kappa shape index (κ2) is 40.9. The molecule has 26 rings (SSSR count). The predicted molar refractivity (Wildman–Crippen MR) is 612 cm³/mol. The van der Waals surface area contributed by atoms with E-state index in [1.165, 1.54) is 156 Å². The van der Waals surface area contributed by atoms with Gasteiger partial charge >= 0.3 is 0 Å². The third-order valence-corrected chi connectivity index (χ3v) is 30.5. The van der Waals surface area contributed by atoms with Gasteiger partial charge in [0.1, 0.15) is 17.8 Å². The van der Waals surface area contributed by atoms with Gasteiger partial charge in [-0.1, -0.05) is 516 Å². The third-order valence-electron chi connectivity index (χ3n) is 26.7. The average molecular weight is 1910 g/mol. The van der Waals surface area contributed by atoms with Crippen molar-refractivity contribution in [3.8, 4) is 214 Å². The SMILES string of the molecule is c1ccc(-c2cc(-c3cccc(-c4ccccc4)c3-c3sc(-c4ccccc4-c4ccccc4)c4ccccc34)nc(-c3ccccc3)n2)cc1.c1ccc(-c2cn(-c3cccc(-c4ccccc4)c3-c3sc(-c4ccccc4-c4ccccc4)c4ccccc34)c(-c3ccccc3)n2)cc1.c1ccc(-c2nc(-c3cccc(-c4ccccc4)c3-c3sc(-c4ccccc4-c4ccccc4)c4ccccc34)co2)cc1. The summed E-state index contributed by atoms with van der Waals surface area (Å²) in [6, 6.07) is 191. The number of nitrogens with zero attached hydrogens (tertiary/aromatic N) is 5. The van der Waals surface area contributed by atoms with Crippen molar-refractivity contribution in [2.45, 2.75) is 0 Å². The fourth-order valence-corrected chi connectivity index (χ4v) is 24.1. The lowest BCUT2D eigenvalue weighted by Crippen LogP contribution is -2.00. The Bertz CT molecular complexity index is 9010. The molecule has 6 nitrogen and oxygen atoms in total. The van der Waals surface area contributed by atoms with E-state index in [0.29, 0.717) is 11.7 Å². The first kappa shape index (κ1) is 89.4. The molecule has 0 N–H and O–H groups in total. The highest BCUT2D eigenvalue weighted by Crippen LogP contribution is 2.56. The van der Waals surface area contributed by atoms with Crippen molar-refractivity contribution in [1.82, 2.24) is 24.5 Å². The van der Waals surface area contributed by atoms with Crippen LogP contribution < -0.4 is 0 Å². The molecule has 145 heavy (non-hydrogen) atoms. The van der Waals surface area contributed by atoms with Crippen LogP contribution in [0.1, 0.15) is 0 Å². The molecular weight excluding hydrogens is 1820 g/mol. The molecule has 0 saturated carbocycles. The lowest BCUT2D eigenvalue weighted by atomic mass is 9.90. The fourth-order valence-electron chi connectivity index (χ4n) is 19.9. The largest absolute Gasteiger partial charge is 0.444 e. The molecule has 0 fully saturated rings. The van der Waals surface area contributed by atoms with Crippen LogP contribution >= 0.6 is 34.0 Å². The maximum absolute atomic E-state index is 6.06. The Morgan fingerprint density at radius 3 is 0.814 bits per heavy atom. The summed E-state index contributed by atoms with van der Waals surface area (Å²) in [7, 11) is 0. The molecule has 0 saturated heterocycles. The van der Waals surface area contributed by atoms with Crippen molar-refractivity contribution < 1.29 is 4.42 Å². The molecule has 9 heteroatoms. The minimum absolute atomic E-state index is 0.616. The van der Waals surface area contributed by atoms with Gasteiger partial charge in [0.2, 0.25) is 5.89 Å². The van der Waals surface area contributed by atoms with Crippen LogP contribution in [0.25, 0.3) is 247 Å². The maximum Gasteiger partial charge on any atom is 0.226 e. The zero-order valence-electron chi connectivity index (χ0n) is 78.9. The third kappa shape index (κ3) is 18.0. The summed E-state index contributed by atoms with van der Waals surface area (Å²) in [5.41, 5.74) is 33.5. The molecule has 0 amide bonds. The summed E-state index contributed by atoms with van der Waals surface area (Å²) in [5, 5.41) is 7.44. The monoisotopic (exact) mass is 1910 g/mol. The summed E-state index contributed by atoms with van der Waals surface area (Å²) >= 11 is 5.59. The lowest BCUT2D eigenvalue weighted by Gasteiger charge is -2.17. The Hall–Kier alpha value is -18.2. The molecule has 26 aromatic rings. The highest BCUT2D eigenvalue weighted by atomic mass is 32.1. The number of hydrogen-bond donors (Lipinski definition) is 0. The van der Waals surface area contributed by atoms with Gasteiger partial charge in [-0.25, -0.2) is 19.9 Å². The van der Waals surface area contributed by atoms with Crippen LogP contribution in [0.15, 0.2) is 557 Å². The van der Waals surface area contributed by atoms with Gasteiger partial charge in [-0.05, 0) is 91.0 Å². The Morgan fingerprint density at radius 2 is 0.434 bits per heavy atom. The van der Waals surface area contributed by atoms with E-state index in [-0.39, 0.29) is 0 Å². The topological polar surface area (TPSA) is 69.6 Å². The molecule has 0 aliphatic rings. The molecule has 684 valence electrons. The Balaban J connectivity index is 0.000000117. The standard InChI is InChI=1S/C48H32N2S.C47H32N2S.C41H27NOS/c1-5-18-33(19-6-1)37-26-13-14-27-39(37)46-40-28-15-16-29-41(40)47(51-46)45-38(34-20-7-2-8-21-34)30-17-31-42(45)44-32-43(35-22-9-3-10-23-35)49-48(50-44)36-24-11-4-12-25-36;1-5-18-33(19-6-1)37-26-13-14-27-39(37)45-40-28-15-16-29-41(40)46(50-45)44-38(34-20-7-2-8-21-34)30-17-31-43(44)49-32-42(35-22-9-3-10-23-35)48-47(49)36-24-11-4-12-25-36;1-4-15-28(16-5-1)31-21-10-11-22-33(31)39-34-23-12-13-24-35(34)40(44-39)38-32(29-17-6-2-7-18-29)25-14-26-36(38)37-27-43-41(42-37)30-19-8-3-9-20-30/h1-32H;1-32H;1-27H. The summed E-state index contributed by atoms with van der Waals surface area (Å²) in [6.45, 7) is 0. The summed E-state index contributed by atoms with van der Waals surface area (Å²) in [4.78, 5) is 28.2. The van der Waals surface area contributed by atoms with Crippen LogP contribution in [0.5, 0.6) is 0 Å². The van der Waals surface area contributed by atoms with Crippen LogP contribution in [-0.2, 0) is 0 Å². The molecule has 20 aromatic carbocycles. The van der Waals surface area contributed by atoms with Crippen LogP contribution in [0, 0.1) is 0 Å². The number of rotatable bonds is 20. The highest BCUT2D eigenvalue weighted by Gasteiger charge is 2.30. The van der Waals surface area contributed by atoms with Crippen molar-refractivity contribution >= 4 is 66.3 Å². The molecule has 0 aliphatic heterocycles. The molecule has 6 heterocycles. The number of fused-ring (bicyclic) bond motifs is 3. The van der Waals surface area contributed by atoms with Crippen LogP contribution in [-0.4, -0.2) is 24.5 Å². The average Bonchev–Trinajstić information content (AvgIpc) is 1.61. The Morgan fingerprint density at radius 1 is 0.172 bits per heavy atom. The summed E-state index contributed by atoms with van der Waals surface area (Å²) < 4.78 is 8.36. The van der Waals surface area contributed by atoms with E-state index in [1.54, 1.807) is 6.26 Å². The molecule has 0 unspecified atom stereocenters. The number of oxazole rings is 1. The van der Waals surface area contributed by atoms with E-state index in [9.17, 15) is 0 Å². The number of hydrogen-bond acceptors (Lipinski definition) is 8. The predicted octanol–water partition coefficient (Wildman–Crippen LogP) is 38.3. The number of benzene rings is 20. The summed E-state index contributed by atoms with van der Waals surface area (Å²) in [6.07, 6.45) is 3.99. The van der Waals surface area contributed by atoms with Gasteiger partial charge in [0.05, 0.1) is 22.8 Å². The molecular formula is C136H91N5OS3. The van der Waals surface area contributed by atoms with Gasteiger partial charge in [0, 0.05) is 140 Å². The first-order valence-electron chi connectivity index (χ1n) is 48.8. The van der Waals surface area contributed by atoms with E-state index in [0.717, 1.165) is 78.8 Å². The number of imidazole rings is 1. The zero-order valence-corrected chi connectivity index (χ0v) is 81.4. The van der Waals surface area contributed by atoms with Gasteiger partial charge in [-0.15, -0.1) is 34.0 Å². The zero-order chi connectivity index (χ0) is 96.6. The van der Waals surface area contributed by atoms with E-state index in [1.807, 2.05) is 88.6 Å². The summed E-state index contributed by atoms with van der Waals surface area (Å²) in [5.74, 6) is 2.23. The van der Waals surface area contributed by atoms with Crippen molar-refractivity contribution in [1.29, 1.82) is 0 Å². The number of thiophene rings is 3. The minimum atomic E-state index is 0.616. The van der Waals surface area contributed by atoms with Gasteiger partial charge in [0.15, 0.2) is 5.82 Å². The van der Waals surface area contributed by atoms with Crippen molar-refractivity contribution in [2.24, 2.45) is 0 Å². The van der Waals surface area contributed by atoms with Gasteiger partial charge in [-0.3, -0.25) is 4.57 Å². The smallest absolute Gasteiger partial charge is 0.226 e. The second-order valence-electron chi connectivity index (χ2n) is 35.6. The number of aromatic nitrogens is 5. The molecule has 0 atom stereocenters. The van der Waals surface area contributed by atoms with Crippen molar-refractivity contribution in [2.75, 3.05) is 0 Å². The highest BCUT2D eigenvalue weighted by molar-refractivity contribution is 7.22. The van der Waals surface area contributed by atoms with Crippen LogP contribution in [0.3, 0.4) is 0 Å². The van der Waals surface area contributed by atoms with Gasteiger partial charge in [-0.2, -0.15) is 0 Å². The minimum Gasteiger partial charge on any atom is -0.444 e. The molecule has 0 radical (unpaired) electrons. The van der Waals surface area contributed by atoms with E-state index >= 15 is 0 Å². The van der Waals surface area contributed by atoms with Crippen molar-refractivity contribution in [3.63, 3.8) is 0 Å². The first-order valence-corrected chi connectivity index (χ1v) is 51.2. The maximum atomic E-state index is 6.06. The fraction of sp³-hybridized carbons (Fsp3) is 0.